The van der Waals surface area contributed by atoms with Gasteiger partial charge < -0.3 is 0 Å². The minimum Gasteiger partial charge on any atom is -0.292 e. The molecule has 0 fully saturated rings. The highest BCUT2D eigenvalue weighted by Gasteiger charge is 2.35. The summed E-state index contributed by atoms with van der Waals surface area (Å²) in [7, 11) is 0. The van der Waals surface area contributed by atoms with Crippen LogP contribution in [0.25, 0.3) is 0 Å². The molecule has 11 heteroatoms. The van der Waals surface area contributed by atoms with Crippen LogP contribution in [0.4, 0.5) is 19.1 Å². The molecule has 0 saturated carbocycles. The zero-order chi connectivity index (χ0) is 18.0. The van der Waals surface area contributed by atoms with Crippen LogP contribution in [0.15, 0.2) is 10.9 Å². The van der Waals surface area contributed by atoms with Gasteiger partial charge in [0, 0.05) is 6.07 Å². The Morgan fingerprint density at radius 2 is 2.04 bits per heavy atom. The molecular formula is C14H15F3N6O2. The van der Waals surface area contributed by atoms with Gasteiger partial charge in [-0.3, -0.25) is 20.0 Å². The number of amides is 1. The van der Waals surface area contributed by atoms with Gasteiger partial charge in [0.1, 0.15) is 6.54 Å². The minimum atomic E-state index is -4.69. The second-order valence-corrected chi connectivity index (χ2v) is 5.73. The average Bonchev–Trinajstić information content (AvgIpc) is 2.88. The average molecular weight is 356 g/mol. The van der Waals surface area contributed by atoms with E-state index in [4.69, 9.17) is 0 Å². The van der Waals surface area contributed by atoms with Crippen LogP contribution in [0.2, 0.25) is 0 Å². The van der Waals surface area contributed by atoms with Crippen LogP contribution in [0.5, 0.6) is 0 Å². The SMILES string of the molecule is O=C(Cn1nc2c(cc1=O)CCCCC2)Nc1n[nH]c(C(F)(F)F)n1. The summed E-state index contributed by atoms with van der Waals surface area (Å²) < 4.78 is 38.3. The number of hydrogen-bond acceptors (Lipinski definition) is 5. The Hall–Kier alpha value is -2.72. The molecule has 2 heterocycles. The van der Waals surface area contributed by atoms with Crippen molar-refractivity contribution in [2.45, 2.75) is 44.8 Å². The number of hydrogen-bond donors (Lipinski definition) is 2. The monoisotopic (exact) mass is 356 g/mol. The minimum absolute atomic E-state index is 0.429. The molecule has 2 aromatic heterocycles. The van der Waals surface area contributed by atoms with Gasteiger partial charge in [-0.1, -0.05) is 6.42 Å². The van der Waals surface area contributed by atoms with Gasteiger partial charge in [-0.05, 0) is 31.2 Å². The number of carbonyl (C=O) groups is 1. The van der Waals surface area contributed by atoms with Crippen molar-refractivity contribution in [2.75, 3.05) is 5.32 Å². The molecule has 25 heavy (non-hydrogen) atoms. The highest BCUT2D eigenvalue weighted by Crippen LogP contribution is 2.26. The Morgan fingerprint density at radius 3 is 2.76 bits per heavy atom. The lowest BCUT2D eigenvalue weighted by molar-refractivity contribution is -0.144. The zero-order valence-electron chi connectivity index (χ0n) is 13.1. The third-order valence-corrected chi connectivity index (χ3v) is 3.82. The van der Waals surface area contributed by atoms with Crippen molar-refractivity contribution in [3.63, 3.8) is 0 Å². The molecule has 0 radical (unpaired) electrons. The number of fused-ring (bicyclic) bond motifs is 1. The van der Waals surface area contributed by atoms with E-state index >= 15 is 0 Å². The van der Waals surface area contributed by atoms with Crippen LogP contribution in [-0.4, -0.2) is 30.9 Å². The molecule has 0 aliphatic heterocycles. The fourth-order valence-corrected chi connectivity index (χ4v) is 2.64. The summed E-state index contributed by atoms with van der Waals surface area (Å²) >= 11 is 0. The van der Waals surface area contributed by atoms with Crippen LogP contribution in [0.3, 0.4) is 0 Å². The van der Waals surface area contributed by atoms with Crippen molar-refractivity contribution < 1.29 is 18.0 Å². The Morgan fingerprint density at radius 1 is 1.28 bits per heavy atom. The maximum absolute atomic E-state index is 12.4. The molecular weight excluding hydrogens is 341 g/mol. The van der Waals surface area contributed by atoms with E-state index < -0.39 is 36.0 Å². The predicted octanol–water partition coefficient (Wildman–Crippen LogP) is 1.29. The first-order chi connectivity index (χ1) is 11.8. The van der Waals surface area contributed by atoms with Gasteiger partial charge in [0.15, 0.2) is 0 Å². The molecule has 2 N–H and O–H groups in total. The van der Waals surface area contributed by atoms with E-state index in [-0.39, 0.29) is 0 Å². The lowest BCUT2D eigenvalue weighted by atomic mass is 10.1. The Kier molecular flexibility index (Phi) is 4.55. The fourth-order valence-electron chi connectivity index (χ4n) is 2.64. The van der Waals surface area contributed by atoms with Gasteiger partial charge in [0.25, 0.3) is 5.56 Å². The highest BCUT2D eigenvalue weighted by molar-refractivity contribution is 5.88. The second-order valence-electron chi connectivity index (χ2n) is 5.73. The second kappa shape index (κ2) is 6.65. The number of aryl methyl sites for hydroxylation is 2. The molecule has 134 valence electrons. The molecule has 1 aliphatic carbocycles. The lowest BCUT2D eigenvalue weighted by Crippen LogP contribution is -2.31. The number of carbonyl (C=O) groups excluding carboxylic acids is 1. The molecule has 3 rings (SSSR count). The number of halogens is 3. The normalized spacial score (nSPS) is 14.7. The lowest BCUT2D eigenvalue weighted by Gasteiger charge is -2.09. The van der Waals surface area contributed by atoms with Crippen molar-refractivity contribution in [1.82, 2.24) is 25.0 Å². The summed E-state index contributed by atoms with van der Waals surface area (Å²) in [5.41, 5.74) is 1.24. The summed E-state index contributed by atoms with van der Waals surface area (Å²) in [6.07, 6.45) is -0.176. The topological polar surface area (TPSA) is 106 Å². The van der Waals surface area contributed by atoms with E-state index in [2.05, 4.69) is 20.5 Å². The maximum Gasteiger partial charge on any atom is 0.451 e. The molecule has 0 bridgehead atoms. The molecule has 0 aromatic carbocycles. The van der Waals surface area contributed by atoms with E-state index in [1.807, 2.05) is 0 Å². The predicted molar refractivity (Wildman–Crippen MR) is 79.8 cm³/mol. The highest BCUT2D eigenvalue weighted by atomic mass is 19.4. The molecule has 0 atom stereocenters. The summed E-state index contributed by atoms with van der Waals surface area (Å²) in [4.78, 5) is 27.1. The van der Waals surface area contributed by atoms with Crippen molar-refractivity contribution in [1.29, 1.82) is 0 Å². The Balaban J connectivity index is 1.72. The summed E-state index contributed by atoms with van der Waals surface area (Å²) in [5.74, 6) is -2.57. The van der Waals surface area contributed by atoms with Crippen molar-refractivity contribution in [3.8, 4) is 0 Å². The van der Waals surface area contributed by atoms with Gasteiger partial charge in [-0.15, -0.1) is 5.10 Å². The van der Waals surface area contributed by atoms with E-state index in [9.17, 15) is 22.8 Å². The number of rotatable bonds is 3. The number of nitrogens with zero attached hydrogens (tertiary/aromatic N) is 4. The molecule has 0 unspecified atom stereocenters. The quantitative estimate of drug-likeness (QED) is 0.806. The van der Waals surface area contributed by atoms with Gasteiger partial charge >= 0.3 is 6.18 Å². The summed E-state index contributed by atoms with van der Waals surface area (Å²) in [5, 5.41) is 11.3. The summed E-state index contributed by atoms with van der Waals surface area (Å²) in [6, 6.07) is 1.47. The number of aromatic nitrogens is 5. The van der Waals surface area contributed by atoms with E-state index in [1.54, 1.807) is 5.10 Å². The number of aromatic amines is 1. The fraction of sp³-hybridized carbons (Fsp3) is 0.500. The van der Waals surface area contributed by atoms with Crippen molar-refractivity contribution >= 4 is 11.9 Å². The molecule has 1 aliphatic rings. The first-order valence-electron chi connectivity index (χ1n) is 7.72. The zero-order valence-corrected chi connectivity index (χ0v) is 13.1. The first-order valence-corrected chi connectivity index (χ1v) is 7.72. The standard InChI is InChI=1S/C14H15F3N6O2/c15-14(16,17)12-19-13(21-20-12)18-10(24)7-23-11(25)6-8-4-2-1-3-5-9(8)22-23/h6H,1-5,7H2,(H2,18,19,20,21,24). The maximum atomic E-state index is 12.4. The molecule has 0 spiro atoms. The van der Waals surface area contributed by atoms with Crippen LogP contribution in [0.1, 0.15) is 36.3 Å². The third-order valence-electron chi connectivity index (χ3n) is 3.82. The first kappa shape index (κ1) is 17.1. The van der Waals surface area contributed by atoms with Gasteiger partial charge in [0.05, 0.1) is 5.69 Å². The largest absolute Gasteiger partial charge is 0.451 e. The van der Waals surface area contributed by atoms with E-state index in [0.717, 1.165) is 48.0 Å². The Labute approximate surface area is 139 Å². The van der Waals surface area contributed by atoms with Gasteiger partial charge in [-0.2, -0.15) is 23.3 Å². The molecule has 1 amide bonds. The number of anilines is 1. The molecule has 0 saturated heterocycles. The number of nitrogens with one attached hydrogen (secondary N) is 2. The van der Waals surface area contributed by atoms with Gasteiger partial charge in [-0.25, -0.2) is 4.68 Å². The smallest absolute Gasteiger partial charge is 0.292 e. The van der Waals surface area contributed by atoms with Crippen LogP contribution < -0.4 is 10.9 Å². The van der Waals surface area contributed by atoms with Crippen molar-refractivity contribution in [2.24, 2.45) is 0 Å². The molecule has 2 aromatic rings. The summed E-state index contributed by atoms with van der Waals surface area (Å²) in [6.45, 7) is -0.429. The number of alkyl halides is 3. The van der Waals surface area contributed by atoms with Crippen LogP contribution in [-0.2, 0) is 30.4 Å². The van der Waals surface area contributed by atoms with E-state index in [1.165, 1.54) is 6.07 Å². The van der Waals surface area contributed by atoms with Gasteiger partial charge in [0.2, 0.25) is 17.7 Å². The third kappa shape index (κ3) is 4.03. The van der Waals surface area contributed by atoms with Crippen LogP contribution in [0, 0.1) is 0 Å². The Bertz CT molecular complexity index is 842. The molecule has 8 nitrogen and oxygen atoms in total. The van der Waals surface area contributed by atoms with Crippen LogP contribution >= 0.6 is 0 Å². The van der Waals surface area contributed by atoms with E-state index in [0.29, 0.717) is 0 Å². The van der Waals surface area contributed by atoms with Crippen molar-refractivity contribution in [3.05, 3.63) is 33.5 Å². The number of H-pyrrole nitrogens is 1.